The van der Waals surface area contributed by atoms with Crippen molar-refractivity contribution in [2.45, 2.75) is 31.8 Å². The smallest absolute Gasteiger partial charge is 0.351 e. The molecule has 1 aromatic heterocycles. The minimum atomic E-state index is -0.915. The summed E-state index contributed by atoms with van der Waals surface area (Å²) < 4.78 is 6.38. The van der Waals surface area contributed by atoms with Crippen molar-refractivity contribution in [3.63, 3.8) is 0 Å². The molecule has 0 spiro atoms. The van der Waals surface area contributed by atoms with Gasteiger partial charge in [-0.1, -0.05) is 0 Å². The van der Waals surface area contributed by atoms with Crippen LogP contribution in [-0.2, 0) is 9.53 Å². The van der Waals surface area contributed by atoms with E-state index in [4.69, 9.17) is 9.84 Å². The molecule has 1 aliphatic heterocycles. The van der Waals surface area contributed by atoms with Crippen LogP contribution in [0.15, 0.2) is 11.0 Å². The zero-order chi connectivity index (χ0) is 15.6. The normalized spacial score (nSPS) is 24.8. The zero-order valence-corrected chi connectivity index (χ0v) is 11.2. The number of carbonyl (C=O) groups excluding carboxylic acids is 2. The number of amides is 1. The highest BCUT2D eigenvalue weighted by molar-refractivity contribution is 5.93. The highest BCUT2D eigenvalue weighted by atomic mass is 16.5. The summed E-state index contributed by atoms with van der Waals surface area (Å²) in [5, 5.41) is 21.0. The first kappa shape index (κ1) is 15.3. The van der Waals surface area contributed by atoms with Crippen molar-refractivity contribution in [3.8, 4) is 0 Å². The molecule has 0 unspecified atom stereocenters. The van der Waals surface area contributed by atoms with E-state index in [1.807, 2.05) is 0 Å². The molecule has 1 aromatic rings. The molecule has 0 radical (unpaired) electrons. The van der Waals surface area contributed by atoms with E-state index in [1.165, 1.54) is 13.1 Å². The summed E-state index contributed by atoms with van der Waals surface area (Å²) >= 11 is 0. The third kappa shape index (κ3) is 3.15. The van der Waals surface area contributed by atoms with Crippen molar-refractivity contribution >= 4 is 18.0 Å². The number of nitrogens with one attached hydrogen (secondary N) is 1. The monoisotopic (exact) mass is 297 g/mol. The molecule has 0 aromatic carbocycles. The minimum absolute atomic E-state index is 0.00957. The van der Waals surface area contributed by atoms with Crippen LogP contribution < -0.4 is 11.0 Å². The second kappa shape index (κ2) is 6.12. The van der Waals surface area contributed by atoms with Gasteiger partial charge >= 0.3 is 5.69 Å². The van der Waals surface area contributed by atoms with Crippen LogP contribution in [0.1, 0.15) is 29.9 Å². The van der Waals surface area contributed by atoms with E-state index in [0.717, 1.165) is 4.57 Å². The van der Waals surface area contributed by atoms with Crippen LogP contribution in [0.25, 0.3) is 0 Å². The lowest BCUT2D eigenvalue weighted by atomic mass is 10.2. The van der Waals surface area contributed by atoms with Crippen molar-refractivity contribution < 1.29 is 24.5 Å². The van der Waals surface area contributed by atoms with Crippen LogP contribution in [0.5, 0.6) is 0 Å². The average Bonchev–Trinajstić information content (AvgIpc) is 2.79. The number of anilines is 1. The Hall–Kier alpha value is -2.10. The summed E-state index contributed by atoms with van der Waals surface area (Å²) in [7, 11) is 0. The van der Waals surface area contributed by atoms with Gasteiger partial charge in [0.1, 0.15) is 12.3 Å². The molecule has 9 heteroatoms. The number of hydrogen-bond donors (Lipinski definition) is 3. The Morgan fingerprint density at radius 3 is 2.90 bits per heavy atom. The molecule has 1 amide bonds. The summed E-state index contributed by atoms with van der Waals surface area (Å²) in [6, 6.07) is 0. The first-order valence-corrected chi connectivity index (χ1v) is 6.26. The molecule has 0 saturated carbocycles. The summed E-state index contributed by atoms with van der Waals surface area (Å²) in [6.45, 7) is 0.842. The van der Waals surface area contributed by atoms with Gasteiger partial charge in [0.15, 0.2) is 12.1 Å². The van der Waals surface area contributed by atoms with Gasteiger partial charge in [-0.15, -0.1) is 0 Å². The van der Waals surface area contributed by atoms with Gasteiger partial charge in [0.05, 0.1) is 18.3 Å². The number of aliphatic hydroxyl groups excluding tert-OH is 2. The van der Waals surface area contributed by atoms with Crippen molar-refractivity contribution in [2.75, 3.05) is 11.9 Å². The molecule has 1 aliphatic rings. The fourth-order valence-electron chi connectivity index (χ4n) is 2.09. The third-order valence-electron chi connectivity index (χ3n) is 3.10. The maximum absolute atomic E-state index is 11.9. The standard InChI is InChI=1S/C12H15N3O6/c1-6(18)13-11-7(4-16)3-15(12(20)14-11)10-2-8(19)9(5-17)21-10/h3-4,8-10,17,19H,2,5H2,1H3,(H,13,14,18,20)/t8-,9+,10+/m0/s1. The second-order valence-electron chi connectivity index (χ2n) is 4.65. The molecule has 0 bridgehead atoms. The number of aromatic nitrogens is 2. The van der Waals surface area contributed by atoms with Crippen LogP contribution in [0.2, 0.25) is 0 Å². The molecule has 3 N–H and O–H groups in total. The van der Waals surface area contributed by atoms with Crippen LogP contribution in [0, 0.1) is 0 Å². The van der Waals surface area contributed by atoms with Crippen molar-refractivity contribution in [1.82, 2.24) is 9.55 Å². The van der Waals surface area contributed by atoms with E-state index in [0.29, 0.717) is 6.29 Å². The summed E-state index contributed by atoms with van der Waals surface area (Å²) in [4.78, 5) is 37.6. The lowest BCUT2D eigenvalue weighted by Crippen LogP contribution is -2.29. The van der Waals surface area contributed by atoms with Gasteiger partial charge in [-0.3, -0.25) is 14.2 Å². The molecule has 2 heterocycles. The topological polar surface area (TPSA) is 131 Å². The molecule has 0 aliphatic carbocycles. The molecule has 1 saturated heterocycles. The van der Waals surface area contributed by atoms with E-state index in [-0.39, 0.29) is 24.4 Å². The lowest BCUT2D eigenvalue weighted by Gasteiger charge is -2.15. The third-order valence-corrected chi connectivity index (χ3v) is 3.10. The van der Waals surface area contributed by atoms with Crippen molar-refractivity contribution in [2.24, 2.45) is 0 Å². The predicted molar refractivity (Wildman–Crippen MR) is 69.8 cm³/mol. The van der Waals surface area contributed by atoms with E-state index >= 15 is 0 Å². The predicted octanol–water partition coefficient (Wildman–Crippen LogP) is -1.35. The van der Waals surface area contributed by atoms with Crippen LogP contribution in [0.4, 0.5) is 5.82 Å². The van der Waals surface area contributed by atoms with E-state index < -0.39 is 30.0 Å². The highest BCUT2D eigenvalue weighted by Crippen LogP contribution is 2.27. The summed E-state index contributed by atoms with van der Waals surface area (Å²) in [5.41, 5.74) is -0.726. The molecule has 21 heavy (non-hydrogen) atoms. The Morgan fingerprint density at radius 1 is 1.67 bits per heavy atom. The van der Waals surface area contributed by atoms with Gasteiger partial charge in [0.25, 0.3) is 0 Å². The Bertz CT molecular complexity index is 614. The quantitative estimate of drug-likeness (QED) is 0.586. The van der Waals surface area contributed by atoms with Gasteiger partial charge in [-0.2, -0.15) is 4.98 Å². The average molecular weight is 297 g/mol. The number of rotatable bonds is 4. The van der Waals surface area contributed by atoms with Crippen LogP contribution >= 0.6 is 0 Å². The number of hydrogen-bond acceptors (Lipinski definition) is 7. The molecule has 2 rings (SSSR count). The van der Waals surface area contributed by atoms with Gasteiger partial charge in [0, 0.05) is 19.5 Å². The lowest BCUT2D eigenvalue weighted by molar-refractivity contribution is -0.114. The molecule has 3 atom stereocenters. The first-order chi connectivity index (χ1) is 9.96. The molecule has 9 nitrogen and oxygen atoms in total. The Labute approximate surface area is 119 Å². The zero-order valence-electron chi connectivity index (χ0n) is 11.2. The second-order valence-corrected chi connectivity index (χ2v) is 4.65. The van der Waals surface area contributed by atoms with Gasteiger partial charge in [0.2, 0.25) is 5.91 Å². The fraction of sp³-hybridized carbons (Fsp3) is 0.500. The van der Waals surface area contributed by atoms with E-state index in [2.05, 4.69) is 10.3 Å². The maximum Gasteiger partial charge on any atom is 0.351 e. The van der Waals surface area contributed by atoms with Gasteiger partial charge in [-0.25, -0.2) is 4.79 Å². The van der Waals surface area contributed by atoms with Gasteiger partial charge in [-0.05, 0) is 0 Å². The first-order valence-electron chi connectivity index (χ1n) is 6.26. The highest BCUT2D eigenvalue weighted by Gasteiger charge is 2.35. The number of ether oxygens (including phenoxy) is 1. The number of nitrogens with zero attached hydrogens (tertiary/aromatic N) is 2. The number of aliphatic hydroxyl groups is 2. The summed E-state index contributed by atoms with van der Waals surface area (Å²) in [6.07, 6.45) is -0.807. The molecule has 1 fully saturated rings. The molecule has 114 valence electrons. The van der Waals surface area contributed by atoms with Gasteiger partial charge < -0.3 is 20.3 Å². The Kier molecular flexibility index (Phi) is 4.46. The molecular weight excluding hydrogens is 282 g/mol. The number of carbonyl (C=O) groups is 2. The van der Waals surface area contributed by atoms with E-state index in [1.54, 1.807) is 0 Å². The van der Waals surface area contributed by atoms with Crippen LogP contribution in [0.3, 0.4) is 0 Å². The maximum atomic E-state index is 11.9. The Morgan fingerprint density at radius 2 is 2.38 bits per heavy atom. The fourth-order valence-corrected chi connectivity index (χ4v) is 2.09. The largest absolute Gasteiger partial charge is 0.394 e. The number of aldehydes is 1. The Balaban J connectivity index is 2.35. The summed E-state index contributed by atoms with van der Waals surface area (Å²) in [5.74, 6) is -0.591. The van der Waals surface area contributed by atoms with E-state index in [9.17, 15) is 19.5 Å². The SMILES string of the molecule is CC(=O)Nc1nc(=O)n([C@H]2C[C@H](O)[C@@H](CO)O2)cc1C=O. The van der Waals surface area contributed by atoms with Crippen molar-refractivity contribution in [1.29, 1.82) is 0 Å². The van der Waals surface area contributed by atoms with Crippen LogP contribution in [-0.4, -0.2) is 50.8 Å². The minimum Gasteiger partial charge on any atom is -0.394 e. The van der Waals surface area contributed by atoms with Crippen molar-refractivity contribution in [3.05, 3.63) is 22.2 Å². The molecular formula is C12H15N3O6.